The average Bonchev–Trinajstić information content (AvgIpc) is 3.19. The predicted molar refractivity (Wildman–Crippen MR) is 105 cm³/mol. The zero-order valence-corrected chi connectivity index (χ0v) is 16.7. The van der Waals surface area contributed by atoms with Crippen LogP contribution in [0.25, 0.3) is 0 Å². The molecule has 2 aliphatic heterocycles. The average molecular weight is 387 g/mol. The second kappa shape index (κ2) is 8.83. The van der Waals surface area contributed by atoms with Crippen molar-refractivity contribution < 1.29 is 9.15 Å². The molecule has 0 amide bonds. The third-order valence-corrected chi connectivity index (χ3v) is 5.46. The van der Waals surface area contributed by atoms with Crippen LogP contribution in [0.1, 0.15) is 43.4 Å². The van der Waals surface area contributed by atoms with E-state index in [1.807, 2.05) is 25.1 Å². The van der Waals surface area contributed by atoms with E-state index in [0.717, 1.165) is 81.9 Å². The minimum absolute atomic E-state index is 0.352. The highest BCUT2D eigenvalue weighted by Crippen LogP contribution is 2.26. The zero-order valence-electron chi connectivity index (χ0n) is 16.7. The maximum Gasteiger partial charge on any atom is 0.230 e. The topological polar surface area (TPSA) is 92.4 Å². The summed E-state index contributed by atoms with van der Waals surface area (Å²) < 4.78 is 11.3. The van der Waals surface area contributed by atoms with E-state index in [-0.39, 0.29) is 0 Å². The van der Waals surface area contributed by atoms with Gasteiger partial charge in [0.15, 0.2) is 0 Å². The Kier molecular flexibility index (Phi) is 6.01. The van der Waals surface area contributed by atoms with Crippen molar-refractivity contribution in [3.05, 3.63) is 24.2 Å². The van der Waals surface area contributed by atoms with Gasteiger partial charge in [0.2, 0.25) is 11.8 Å². The van der Waals surface area contributed by atoms with Crippen molar-refractivity contribution >= 4 is 11.6 Å². The van der Waals surface area contributed by atoms with E-state index in [2.05, 4.69) is 30.4 Å². The van der Waals surface area contributed by atoms with Gasteiger partial charge in [-0.25, -0.2) is 9.97 Å². The van der Waals surface area contributed by atoms with E-state index >= 15 is 0 Å². The van der Waals surface area contributed by atoms with Gasteiger partial charge < -0.3 is 19.4 Å². The Bertz CT molecular complexity index is 752. The number of aromatic nitrogens is 4. The molecule has 4 heterocycles. The molecule has 2 aromatic heterocycles. The molecule has 9 heteroatoms. The maximum atomic E-state index is 5.93. The molecule has 28 heavy (non-hydrogen) atoms. The van der Waals surface area contributed by atoms with Gasteiger partial charge in [-0.05, 0) is 25.7 Å². The third-order valence-electron chi connectivity index (χ3n) is 5.46. The van der Waals surface area contributed by atoms with E-state index in [0.29, 0.717) is 12.0 Å². The van der Waals surface area contributed by atoms with Crippen LogP contribution in [-0.4, -0.2) is 71.5 Å². The highest BCUT2D eigenvalue weighted by molar-refractivity contribution is 5.47. The smallest absolute Gasteiger partial charge is 0.230 e. The molecule has 0 spiro atoms. The Morgan fingerprint density at radius 3 is 2.64 bits per heavy atom. The van der Waals surface area contributed by atoms with Crippen LogP contribution in [-0.2, 0) is 11.3 Å². The molecule has 4 rings (SSSR count). The molecule has 9 nitrogen and oxygen atoms in total. The highest BCUT2D eigenvalue weighted by Gasteiger charge is 2.24. The number of rotatable bonds is 6. The quantitative estimate of drug-likeness (QED) is 0.797. The van der Waals surface area contributed by atoms with E-state index < -0.39 is 0 Å². The fraction of sp³-hybridized carbons (Fsp3) is 0.684. The van der Waals surface area contributed by atoms with Crippen molar-refractivity contribution in [2.75, 3.05) is 50.6 Å². The van der Waals surface area contributed by atoms with Crippen LogP contribution in [0.3, 0.4) is 0 Å². The van der Waals surface area contributed by atoms with Crippen molar-refractivity contribution in [3.63, 3.8) is 0 Å². The molecule has 0 aliphatic carbocycles. The number of ether oxygens (including phenoxy) is 1. The summed E-state index contributed by atoms with van der Waals surface area (Å²) in [5.41, 5.74) is 0. The van der Waals surface area contributed by atoms with Gasteiger partial charge in [0.1, 0.15) is 18.0 Å². The molecular weight excluding hydrogens is 358 g/mol. The van der Waals surface area contributed by atoms with Gasteiger partial charge in [-0.15, -0.1) is 10.2 Å². The first kappa shape index (κ1) is 19.1. The molecule has 2 saturated heterocycles. The van der Waals surface area contributed by atoms with Gasteiger partial charge in [0.25, 0.3) is 0 Å². The fourth-order valence-electron chi connectivity index (χ4n) is 3.75. The first-order chi connectivity index (χ1) is 13.7. The molecule has 0 saturated carbocycles. The number of piperidine rings is 1. The van der Waals surface area contributed by atoms with Crippen molar-refractivity contribution in [2.24, 2.45) is 0 Å². The Morgan fingerprint density at radius 2 is 1.89 bits per heavy atom. The Labute approximate surface area is 165 Å². The zero-order chi connectivity index (χ0) is 19.3. The second-order valence-corrected chi connectivity index (χ2v) is 7.77. The van der Waals surface area contributed by atoms with Crippen LogP contribution in [0, 0.1) is 0 Å². The lowest BCUT2D eigenvalue weighted by Gasteiger charge is -2.31. The highest BCUT2D eigenvalue weighted by atomic mass is 16.5. The maximum absolute atomic E-state index is 5.93. The summed E-state index contributed by atoms with van der Waals surface area (Å²) in [7, 11) is 3.96. The molecule has 0 bridgehead atoms. The molecule has 0 atom stereocenters. The first-order valence-electron chi connectivity index (χ1n) is 10.1. The number of nitrogens with one attached hydrogen (secondary N) is 1. The summed E-state index contributed by atoms with van der Waals surface area (Å²) in [6.07, 6.45) is 5.66. The van der Waals surface area contributed by atoms with Gasteiger partial charge in [0, 0.05) is 58.4 Å². The molecule has 0 aromatic carbocycles. The molecule has 152 valence electrons. The number of hydrogen-bond donors (Lipinski definition) is 1. The molecular formula is C19H29N7O2. The number of anilines is 2. The summed E-state index contributed by atoms with van der Waals surface area (Å²) in [5.74, 6) is 3.64. The van der Waals surface area contributed by atoms with Crippen molar-refractivity contribution in [3.8, 4) is 0 Å². The SMILES string of the molecule is CN(C)c1cc(NC2CCN(Cc3nnc(C4CCOCC4)o3)CC2)ncn1. The van der Waals surface area contributed by atoms with Gasteiger partial charge in [-0.3, -0.25) is 4.90 Å². The summed E-state index contributed by atoms with van der Waals surface area (Å²) >= 11 is 0. The summed E-state index contributed by atoms with van der Waals surface area (Å²) in [5, 5.41) is 12.1. The number of likely N-dealkylation sites (tertiary alicyclic amines) is 1. The monoisotopic (exact) mass is 387 g/mol. The lowest BCUT2D eigenvalue weighted by Crippen LogP contribution is -2.38. The molecule has 2 aromatic rings. The van der Waals surface area contributed by atoms with E-state index in [4.69, 9.17) is 9.15 Å². The van der Waals surface area contributed by atoms with Crippen LogP contribution in [0.5, 0.6) is 0 Å². The largest absolute Gasteiger partial charge is 0.424 e. The predicted octanol–water partition coefficient (Wildman–Crippen LogP) is 1.90. The van der Waals surface area contributed by atoms with Gasteiger partial charge in [0.05, 0.1) is 6.54 Å². The van der Waals surface area contributed by atoms with Crippen LogP contribution in [0.4, 0.5) is 11.6 Å². The van der Waals surface area contributed by atoms with Crippen LogP contribution in [0.2, 0.25) is 0 Å². The number of hydrogen-bond acceptors (Lipinski definition) is 9. The van der Waals surface area contributed by atoms with Crippen LogP contribution >= 0.6 is 0 Å². The molecule has 2 aliphatic rings. The minimum atomic E-state index is 0.352. The van der Waals surface area contributed by atoms with Crippen molar-refractivity contribution in [1.82, 2.24) is 25.1 Å². The minimum Gasteiger partial charge on any atom is -0.424 e. The normalized spacial score (nSPS) is 19.6. The lowest BCUT2D eigenvalue weighted by molar-refractivity contribution is 0.0787. The molecule has 0 radical (unpaired) electrons. The van der Waals surface area contributed by atoms with Crippen molar-refractivity contribution in [1.29, 1.82) is 0 Å². The van der Waals surface area contributed by atoms with E-state index in [1.54, 1.807) is 6.33 Å². The summed E-state index contributed by atoms with van der Waals surface area (Å²) in [6, 6.07) is 2.41. The summed E-state index contributed by atoms with van der Waals surface area (Å²) in [4.78, 5) is 13.0. The van der Waals surface area contributed by atoms with Crippen LogP contribution < -0.4 is 10.2 Å². The first-order valence-corrected chi connectivity index (χ1v) is 10.1. The summed E-state index contributed by atoms with van der Waals surface area (Å²) in [6.45, 7) is 4.29. The van der Waals surface area contributed by atoms with Crippen LogP contribution in [0.15, 0.2) is 16.8 Å². The van der Waals surface area contributed by atoms with Gasteiger partial charge in [-0.1, -0.05) is 0 Å². The molecule has 1 N–H and O–H groups in total. The Balaban J connectivity index is 1.25. The fourth-order valence-corrected chi connectivity index (χ4v) is 3.75. The second-order valence-electron chi connectivity index (χ2n) is 7.77. The van der Waals surface area contributed by atoms with E-state index in [1.165, 1.54) is 0 Å². The third kappa shape index (κ3) is 4.77. The standard InChI is InChI=1S/C19H29N7O2/c1-25(2)17-11-16(20-13-21-17)22-15-3-7-26(8-4-15)12-18-23-24-19(28-18)14-5-9-27-10-6-14/h11,13-15H,3-10,12H2,1-2H3,(H,20,21,22). The number of nitrogens with zero attached hydrogens (tertiary/aromatic N) is 6. The van der Waals surface area contributed by atoms with E-state index in [9.17, 15) is 0 Å². The Hall–Kier alpha value is -2.26. The Morgan fingerprint density at radius 1 is 1.11 bits per heavy atom. The molecule has 2 fully saturated rings. The van der Waals surface area contributed by atoms with Crippen molar-refractivity contribution in [2.45, 2.75) is 44.2 Å². The van der Waals surface area contributed by atoms with Gasteiger partial charge >= 0.3 is 0 Å². The lowest BCUT2D eigenvalue weighted by atomic mass is 10.0. The molecule has 0 unspecified atom stereocenters. The van der Waals surface area contributed by atoms with Gasteiger partial charge in [-0.2, -0.15) is 0 Å².